The normalized spacial score (nSPS) is 13.5. The van der Waals surface area contributed by atoms with Crippen LogP contribution >= 0.6 is 0 Å². The first-order valence-electron chi connectivity index (χ1n) is 11.2. The summed E-state index contributed by atoms with van der Waals surface area (Å²) >= 11 is 0. The molecule has 176 valence electrons. The van der Waals surface area contributed by atoms with Crippen LogP contribution < -0.4 is 9.47 Å². The van der Waals surface area contributed by atoms with E-state index in [9.17, 15) is 8.42 Å². The Kier molecular flexibility index (Phi) is 10.3. The van der Waals surface area contributed by atoms with Gasteiger partial charge in [0.15, 0.2) is 0 Å². The molecule has 0 N–H and O–H groups in total. The maximum absolute atomic E-state index is 14.0. The fourth-order valence-electron chi connectivity index (χ4n) is 3.84. The molecule has 0 aliphatic heterocycles. The van der Waals surface area contributed by atoms with Crippen LogP contribution in [0.5, 0.6) is 11.5 Å². The Morgan fingerprint density at radius 2 is 1.41 bits per heavy atom. The van der Waals surface area contributed by atoms with Crippen molar-refractivity contribution in [2.75, 3.05) is 14.2 Å². The fourth-order valence-corrected chi connectivity index (χ4v) is 6.05. The lowest BCUT2D eigenvalue weighted by Crippen LogP contribution is -2.41. The standard InChI is InChI=1S/C26H37NO4S/c1-6-8-10-26(21(3)9-7-2)32(28,29)27(19-22-11-15-24(30-4)16-12-22)20-23-13-17-25(31-5)18-14-23/h7,11-18,21,26H,2,6,8-10,19-20H2,1,3-5H3/t21-,26-/m0/s1. The van der Waals surface area contributed by atoms with E-state index in [2.05, 4.69) is 13.5 Å². The van der Waals surface area contributed by atoms with Crippen molar-refractivity contribution < 1.29 is 17.9 Å². The van der Waals surface area contributed by atoms with E-state index in [-0.39, 0.29) is 5.92 Å². The maximum Gasteiger partial charge on any atom is 0.217 e. The number of hydrogen-bond acceptors (Lipinski definition) is 4. The number of nitrogens with zero attached hydrogens (tertiary/aromatic N) is 1. The number of unbranched alkanes of at least 4 members (excludes halogenated alkanes) is 1. The van der Waals surface area contributed by atoms with Crippen molar-refractivity contribution >= 4 is 10.0 Å². The first kappa shape index (κ1) is 25.9. The number of sulfonamides is 1. The Balaban J connectivity index is 2.40. The van der Waals surface area contributed by atoms with Crippen molar-refractivity contribution in [1.82, 2.24) is 4.31 Å². The SMILES string of the molecule is C=CC[C@H](C)[C@H](CCCC)S(=O)(=O)N(Cc1ccc(OC)cc1)Cc1ccc(OC)cc1. The van der Waals surface area contributed by atoms with Gasteiger partial charge in [0.1, 0.15) is 11.5 Å². The monoisotopic (exact) mass is 459 g/mol. The molecule has 0 bridgehead atoms. The van der Waals surface area contributed by atoms with Crippen molar-refractivity contribution in [3.05, 3.63) is 72.3 Å². The average molecular weight is 460 g/mol. The van der Waals surface area contributed by atoms with Gasteiger partial charge in [-0.1, -0.05) is 57.0 Å². The topological polar surface area (TPSA) is 55.8 Å². The molecule has 0 unspecified atom stereocenters. The quantitative estimate of drug-likeness (QED) is 0.335. The highest BCUT2D eigenvalue weighted by Crippen LogP contribution is 2.28. The van der Waals surface area contributed by atoms with Gasteiger partial charge in [-0.2, -0.15) is 4.31 Å². The summed E-state index contributed by atoms with van der Waals surface area (Å²) in [6.45, 7) is 8.54. The van der Waals surface area contributed by atoms with E-state index >= 15 is 0 Å². The van der Waals surface area contributed by atoms with E-state index in [0.29, 0.717) is 25.9 Å². The number of hydrogen-bond donors (Lipinski definition) is 0. The fraction of sp³-hybridized carbons (Fsp3) is 0.462. The zero-order valence-electron chi connectivity index (χ0n) is 19.8. The number of methoxy groups -OCH3 is 2. The molecule has 32 heavy (non-hydrogen) atoms. The number of allylic oxidation sites excluding steroid dienone is 1. The lowest BCUT2D eigenvalue weighted by atomic mass is 9.99. The molecule has 0 heterocycles. The predicted octanol–water partition coefficient (Wildman–Crippen LogP) is 5.81. The maximum atomic E-state index is 14.0. The molecule has 0 fully saturated rings. The van der Waals surface area contributed by atoms with Crippen LogP contribution in [0.3, 0.4) is 0 Å². The Hall–Kier alpha value is -2.31. The molecule has 0 amide bonds. The van der Waals surface area contributed by atoms with E-state index < -0.39 is 15.3 Å². The molecule has 2 atom stereocenters. The molecule has 6 heteroatoms. The summed E-state index contributed by atoms with van der Waals surface area (Å²) in [5.41, 5.74) is 1.85. The van der Waals surface area contributed by atoms with Crippen LogP contribution in [-0.2, 0) is 23.1 Å². The lowest BCUT2D eigenvalue weighted by molar-refractivity contribution is 0.371. The van der Waals surface area contributed by atoms with Gasteiger partial charge in [-0.25, -0.2) is 8.42 Å². The van der Waals surface area contributed by atoms with Crippen LogP contribution in [0.1, 0.15) is 50.7 Å². The third kappa shape index (κ3) is 7.10. The first-order valence-corrected chi connectivity index (χ1v) is 12.7. The summed E-state index contributed by atoms with van der Waals surface area (Å²) < 4.78 is 40.0. The molecular weight excluding hydrogens is 422 g/mol. The molecule has 2 rings (SSSR count). The van der Waals surface area contributed by atoms with Crippen LogP contribution in [0.2, 0.25) is 0 Å². The largest absolute Gasteiger partial charge is 0.497 e. The Morgan fingerprint density at radius 1 is 0.938 bits per heavy atom. The minimum absolute atomic E-state index is 0.00159. The third-order valence-electron chi connectivity index (χ3n) is 5.79. The van der Waals surface area contributed by atoms with Crippen molar-refractivity contribution in [2.45, 2.75) is 57.9 Å². The van der Waals surface area contributed by atoms with Crippen LogP contribution in [0, 0.1) is 5.92 Å². The highest BCUT2D eigenvalue weighted by molar-refractivity contribution is 7.89. The molecule has 0 radical (unpaired) electrons. The van der Waals surface area contributed by atoms with Gasteiger partial charge in [0.05, 0.1) is 19.5 Å². The van der Waals surface area contributed by atoms with Gasteiger partial charge >= 0.3 is 0 Å². The van der Waals surface area contributed by atoms with Crippen molar-refractivity contribution in [3.63, 3.8) is 0 Å². The Morgan fingerprint density at radius 3 is 1.78 bits per heavy atom. The second-order valence-corrected chi connectivity index (χ2v) is 10.3. The van der Waals surface area contributed by atoms with Crippen molar-refractivity contribution in [3.8, 4) is 11.5 Å². The second kappa shape index (κ2) is 12.7. The first-order chi connectivity index (χ1) is 15.3. The zero-order chi connectivity index (χ0) is 23.6. The van der Waals surface area contributed by atoms with E-state index in [1.165, 1.54) is 0 Å². The molecule has 5 nitrogen and oxygen atoms in total. The molecule has 0 aliphatic rings. The third-order valence-corrected chi connectivity index (χ3v) is 8.24. The van der Waals surface area contributed by atoms with E-state index in [1.54, 1.807) is 18.5 Å². The molecule has 2 aromatic carbocycles. The van der Waals surface area contributed by atoms with Gasteiger partial charge in [-0.15, -0.1) is 6.58 Å². The van der Waals surface area contributed by atoms with E-state index in [1.807, 2.05) is 61.5 Å². The minimum atomic E-state index is -3.56. The van der Waals surface area contributed by atoms with Crippen LogP contribution in [0.15, 0.2) is 61.2 Å². The molecule has 0 spiro atoms. The summed E-state index contributed by atoms with van der Waals surface area (Å²) in [4.78, 5) is 0. The number of ether oxygens (including phenoxy) is 2. The predicted molar refractivity (Wildman–Crippen MR) is 131 cm³/mol. The number of rotatable bonds is 14. The Labute approximate surface area is 194 Å². The molecule has 0 saturated heterocycles. The van der Waals surface area contributed by atoms with Gasteiger partial charge < -0.3 is 9.47 Å². The van der Waals surface area contributed by atoms with Gasteiger partial charge in [0.2, 0.25) is 10.0 Å². The van der Waals surface area contributed by atoms with Crippen LogP contribution in [0.4, 0.5) is 0 Å². The van der Waals surface area contributed by atoms with Gasteiger partial charge in [-0.3, -0.25) is 0 Å². The smallest absolute Gasteiger partial charge is 0.217 e. The molecular formula is C26H37NO4S. The molecule has 2 aromatic rings. The zero-order valence-corrected chi connectivity index (χ0v) is 20.6. The summed E-state index contributed by atoms with van der Waals surface area (Å²) in [5.74, 6) is 1.50. The van der Waals surface area contributed by atoms with Gasteiger partial charge in [-0.05, 0) is 54.2 Å². The lowest BCUT2D eigenvalue weighted by Gasteiger charge is -2.31. The van der Waals surface area contributed by atoms with E-state index in [0.717, 1.165) is 35.5 Å². The minimum Gasteiger partial charge on any atom is -0.497 e. The molecule has 0 aromatic heterocycles. The van der Waals surface area contributed by atoms with Crippen molar-refractivity contribution in [2.24, 2.45) is 5.92 Å². The van der Waals surface area contributed by atoms with E-state index in [4.69, 9.17) is 9.47 Å². The van der Waals surface area contributed by atoms with Crippen LogP contribution in [-0.4, -0.2) is 32.2 Å². The summed E-state index contributed by atoms with van der Waals surface area (Å²) in [6, 6.07) is 15.1. The second-order valence-electron chi connectivity index (χ2n) is 8.19. The number of benzene rings is 2. The highest BCUT2D eigenvalue weighted by Gasteiger charge is 2.35. The summed E-state index contributed by atoms with van der Waals surface area (Å²) in [7, 11) is -0.322. The Bertz CT molecular complexity index is 874. The molecule has 0 aliphatic carbocycles. The summed E-state index contributed by atoms with van der Waals surface area (Å²) in [6.07, 6.45) is 4.98. The molecule has 0 saturated carbocycles. The summed E-state index contributed by atoms with van der Waals surface area (Å²) in [5, 5.41) is -0.447. The van der Waals surface area contributed by atoms with Crippen LogP contribution in [0.25, 0.3) is 0 Å². The average Bonchev–Trinajstić information content (AvgIpc) is 2.80. The van der Waals surface area contributed by atoms with Gasteiger partial charge in [0.25, 0.3) is 0 Å². The van der Waals surface area contributed by atoms with Crippen molar-refractivity contribution in [1.29, 1.82) is 0 Å². The highest BCUT2D eigenvalue weighted by atomic mass is 32.2. The van der Waals surface area contributed by atoms with Gasteiger partial charge in [0, 0.05) is 13.1 Å².